The summed E-state index contributed by atoms with van der Waals surface area (Å²) < 4.78 is 5.75. The summed E-state index contributed by atoms with van der Waals surface area (Å²) in [5, 5.41) is 6.90. The van der Waals surface area contributed by atoms with E-state index in [0.29, 0.717) is 10.7 Å². The summed E-state index contributed by atoms with van der Waals surface area (Å²) in [6, 6.07) is 0. The standard InChI is InChI=1S/C17H34N4OS/c1-4-18-16(20-14-17(3)6-5-11-23-17)19-12-15(2)13-21-7-9-22-10-8-21/h15H,4-14H2,1-3H3,(H2,18,19,20). The molecule has 2 aliphatic heterocycles. The highest BCUT2D eigenvalue weighted by atomic mass is 32.2. The molecule has 0 aromatic rings. The van der Waals surface area contributed by atoms with Crippen LogP contribution >= 0.6 is 11.8 Å². The minimum Gasteiger partial charge on any atom is -0.379 e. The van der Waals surface area contributed by atoms with Crippen molar-refractivity contribution in [3.8, 4) is 0 Å². The Morgan fingerprint density at radius 3 is 2.78 bits per heavy atom. The number of ether oxygens (including phenoxy) is 1. The van der Waals surface area contributed by atoms with Gasteiger partial charge >= 0.3 is 0 Å². The molecule has 2 atom stereocenters. The molecule has 2 unspecified atom stereocenters. The monoisotopic (exact) mass is 342 g/mol. The summed E-state index contributed by atoms with van der Waals surface area (Å²) in [5.74, 6) is 2.86. The second kappa shape index (κ2) is 9.74. The first kappa shape index (κ1) is 18.9. The molecule has 0 amide bonds. The molecular formula is C17H34N4OS. The normalized spacial score (nSPS) is 27.9. The molecule has 23 heavy (non-hydrogen) atoms. The van der Waals surface area contributed by atoms with Gasteiger partial charge in [0, 0.05) is 37.5 Å². The Bertz CT molecular complexity index is 366. The second-order valence-electron chi connectivity index (χ2n) is 7.00. The zero-order valence-electron chi connectivity index (χ0n) is 15.1. The van der Waals surface area contributed by atoms with E-state index in [4.69, 9.17) is 9.73 Å². The van der Waals surface area contributed by atoms with Crippen LogP contribution in [0.1, 0.15) is 33.6 Å². The van der Waals surface area contributed by atoms with Crippen molar-refractivity contribution in [2.45, 2.75) is 38.4 Å². The Labute approximate surface area is 146 Å². The fourth-order valence-corrected chi connectivity index (χ4v) is 4.34. The van der Waals surface area contributed by atoms with E-state index in [1.807, 2.05) is 0 Å². The second-order valence-corrected chi connectivity index (χ2v) is 8.68. The number of guanidine groups is 1. The lowest BCUT2D eigenvalue weighted by molar-refractivity contribution is 0.0320. The Kier molecular flexibility index (Phi) is 7.99. The molecule has 0 radical (unpaired) electrons. The number of aliphatic imine (C=N–C) groups is 1. The lowest BCUT2D eigenvalue weighted by Gasteiger charge is -2.29. The van der Waals surface area contributed by atoms with Gasteiger partial charge in [0.2, 0.25) is 0 Å². The minimum atomic E-state index is 0.335. The van der Waals surface area contributed by atoms with Crippen molar-refractivity contribution in [1.29, 1.82) is 0 Å². The predicted octanol–water partition coefficient (Wildman–Crippen LogP) is 1.80. The van der Waals surface area contributed by atoms with E-state index in [0.717, 1.165) is 58.4 Å². The van der Waals surface area contributed by atoms with Crippen molar-refractivity contribution < 1.29 is 4.74 Å². The number of thioether (sulfide) groups is 1. The Morgan fingerprint density at radius 2 is 2.13 bits per heavy atom. The first-order chi connectivity index (χ1) is 11.1. The molecule has 2 heterocycles. The number of rotatable bonds is 7. The van der Waals surface area contributed by atoms with Crippen LogP contribution in [-0.2, 0) is 4.74 Å². The molecule has 2 rings (SSSR count). The zero-order chi connectivity index (χ0) is 16.5. The Balaban J connectivity index is 1.74. The van der Waals surface area contributed by atoms with Crippen molar-refractivity contribution in [1.82, 2.24) is 15.5 Å². The van der Waals surface area contributed by atoms with Crippen LogP contribution in [0.3, 0.4) is 0 Å². The quantitative estimate of drug-likeness (QED) is 0.546. The highest BCUT2D eigenvalue weighted by Gasteiger charge is 2.29. The topological polar surface area (TPSA) is 48.9 Å². The molecule has 2 aliphatic rings. The third kappa shape index (κ3) is 6.89. The van der Waals surface area contributed by atoms with Gasteiger partial charge in [-0.3, -0.25) is 9.89 Å². The summed E-state index contributed by atoms with van der Waals surface area (Å²) in [4.78, 5) is 7.32. The van der Waals surface area contributed by atoms with Crippen LogP contribution in [0.5, 0.6) is 0 Å². The summed E-state index contributed by atoms with van der Waals surface area (Å²) in [5.41, 5.74) is 0. The van der Waals surface area contributed by atoms with Gasteiger partial charge in [0.1, 0.15) is 0 Å². The maximum absolute atomic E-state index is 5.41. The molecule has 0 bridgehead atoms. The van der Waals surface area contributed by atoms with E-state index in [2.05, 4.69) is 48.1 Å². The Hall–Kier alpha value is -0.460. The maximum atomic E-state index is 5.41. The van der Waals surface area contributed by atoms with E-state index in [1.165, 1.54) is 18.6 Å². The highest BCUT2D eigenvalue weighted by molar-refractivity contribution is 8.00. The van der Waals surface area contributed by atoms with Gasteiger partial charge in [-0.05, 0) is 38.4 Å². The number of nitrogens with zero attached hydrogens (tertiary/aromatic N) is 2. The van der Waals surface area contributed by atoms with Gasteiger partial charge in [-0.15, -0.1) is 0 Å². The van der Waals surface area contributed by atoms with Crippen molar-refractivity contribution in [2.75, 3.05) is 58.2 Å². The van der Waals surface area contributed by atoms with Crippen LogP contribution in [0.25, 0.3) is 0 Å². The molecule has 0 aromatic carbocycles. The third-order valence-electron chi connectivity index (χ3n) is 4.51. The molecule has 134 valence electrons. The van der Waals surface area contributed by atoms with Crippen LogP contribution in [0, 0.1) is 5.92 Å². The van der Waals surface area contributed by atoms with E-state index < -0.39 is 0 Å². The Morgan fingerprint density at radius 1 is 1.35 bits per heavy atom. The van der Waals surface area contributed by atoms with E-state index in [1.54, 1.807) is 0 Å². The number of hydrogen-bond acceptors (Lipinski definition) is 4. The average Bonchev–Trinajstić information content (AvgIpc) is 2.98. The van der Waals surface area contributed by atoms with Crippen molar-refractivity contribution in [2.24, 2.45) is 10.9 Å². The maximum Gasteiger partial charge on any atom is 0.191 e. The first-order valence-corrected chi connectivity index (χ1v) is 10.1. The molecule has 0 aliphatic carbocycles. The molecule has 2 saturated heterocycles. The van der Waals surface area contributed by atoms with Crippen LogP contribution in [0.2, 0.25) is 0 Å². The molecule has 0 spiro atoms. The van der Waals surface area contributed by atoms with Crippen molar-refractivity contribution in [3.05, 3.63) is 0 Å². The van der Waals surface area contributed by atoms with E-state index in [-0.39, 0.29) is 0 Å². The van der Waals surface area contributed by atoms with Gasteiger partial charge in [0.15, 0.2) is 5.96 Å². The number of morpholine rings is 1. The molecule has 5 nitrogen and oxygen atoms in total. The average molecular weight is 343 g/mol. The summed E-state index contributed by atoms with van der Waals surface area (Å²) >= 11 is 2.07. The molecule has 6 heteroatoms. The lowest BCUT2D eigenvalue weighted by Crippen LogP contribution is -2.44. The summed E-state index contributed by atoms with van der Waals surface area (Å²) in [6.07, 6.45) is 2.62. The molecule has 0 aromatic heterocycles. The smallest absolute Gasteiger partial charge is 0.191 e. The highest BCUT2D eigenvalue weighted by Crippen LogP contribution is 2.37. The largest absolute Gasteiger partial charge is 0.379 e. The summed E-state index contributed by atoms with van der Waals surface area (Å²) in [7, 11) is 0. The molecule has 2 N–H and O–H groups in total. The van der Waals surface area contributed by atoms with Gasteiger partial charge in [0.25, 0.3) is 0 Å². The van der Waals surface area contributed by atoms with E-state index >= 15 is 0 Å². The van der Waals surface area contributed by atoms with Crippen LogP contribution < -0.4 is 10.6 Å². The number of hydrogen-bond donors (Lipinski definition) is 2. The SMILES string of the molecule is CCNC(=NCC1(C)CCCS1)NCC(C)CN1CCOCC1. The lowest BCUT2D eigenvalue weighted by atomic mass is 10.1. The van der Waals surface area contributed by atoms with E-state index in [9.17, 15) is 0 Å². The molecule has 2 fully saturated rings. The number of nitrogens with one attached hydrogen (secondary N) is 2. The van der Waals surface area contributed by atoms with Gasteiger partial charge in [-0.2, -0.15) is 11.8 Å². The van der Waals surface area contributed by atoms with Crippen LogP contribution in [-0.4, -0.2) is 73.8 Å². The molecular weight excluding hydrogens is 308 g/mol. The summed E-state index contributed by atoms with van der Waals surface area (Å²) in [6.45, 7) is 14.6. The van der Waals surface area contributed by atoms with Gasteiger partial charge in [-0.1, -0.05) is 6.92 Å². The fourth-order valence-electron chi connectivity index (χ4n) is 3.11. The minimum absolute atomic E-state index is 0.335. The first-order valence-electron chi connectivity index (χ1n) is 9.07. The van der Waals surface area contributed by atoms with Gasteiger partial charge in [-0.25, -0.2) is 0 Å². The van der Waals surface area contributed by atoms with Crippen molar-refractivity contribution in [3.63, 3.8) is 0 Å². The fraction of sp³-hybridized carbons (Fsp3) is 0.941. The van der Waals surface area contributed by atoms with Crippen molar-refractivity contribution >= 4 is 17.7 Å². The zero-order valence-corrected chi connectivity index (χ0v) is 15.9. The van der Waals surface area contributed by atoms with Crippen LogP contribution in [0.4, 0.5) is 0 Å². The predicted molar refractivity (Wildman–Crippen MR) is 101 cm³/mol. The van der Waals surface area contributed by atoms with Gasteiger partial charge in [0.05, 0.1) is 19.8 Å². The third-order valence-corrected chi connectivity index (χ3v) is 6.03. The van der Waals surface area contributed by atoms with Crippen LogP contribution in [0.15, 0.2) is 4.99 Å². The molecule has 0 saturated carbocycles. The van der Waals surface area contributed by atoms with Gasteiger partial charge < -0.3 is 15.4 Å².